The number of nitrogens with one attached hydrogen (secondary N) is 1. The minimum absolute atomic E-state index is 0.0875. The van der Waals surface area contributed by atoms with Gasteiger partial charge in [0.25, 0.3) is 6.01 Å². The summed E-state index contributed by atoms with van der Waals surface area (Å²) in [6.07, 6.45) is 1.04. The highest BCUT2D eigenvalue weighted by molar-refractivity contribution is 5.85. The van der Waals surface area contributed by atoms with Gasteiger partial charge in [-0.15, -0.1) is 0 Å². The van der Waals surface area contributed by atoms with Crippen LogP contribution in [0, 0.1) is 0 Å². The smallest absolute Gasteiger partial charge is 0.357 e. The molecule has 1 rings (SSSR count). The first-order valence-corrected chi connectivity index (χ1v) is 4.03. The van der Waals surface area contributed by atoms with E-state index >= 15 is 0 Å². The van der Waals surface area contributed by atoms with Gasteiger partial charge in [0.15, 0.2) is 5.69 Å². The Morgan fingerprint density at radius 3 is 2.79 bits per heavy atom. The highest BCUT2D eigenvalue weighted by Gasteiger charge is 2.15. The molecule has 0 fully saturated rings. The second-order valence-corrected chi connectivity index (χ2v) is 3.51. The van der Waals surface area contributed by atoms with E-state index in [0.717, 1.165) is 6.26 Å². The van der Waals surface area contributed by atoms with Crippen LogP contribution in [0.25, 0.3) is 0 Å². The van der Waals surface area contributed by atoms with E-state index in [1.54, 1.807) is 13.8 Å². The molecular weight excluding hydrogens is 188 g/mol. The number of hydrogen-bond acceptors (Lipinski definition) is 5. The standard InChI is InChI=1S/C8H12N2O4/c1-8(2,13)4-9-7-10-5(3-14-7)6(11)12/h3,13H,4H2,1-2H3,(H,9,10)(H,11,12). The lowest BCUT2D eigenvalue weighted by Crippen LogP contribution is -2.29. The summed E-state index contributed by atoms with van der Waals surface area (Å²) in [6.45, 7) is 3.45. The van der Waals surface area contributed by atoms with Crippen molar-refractivity contribution in [2.75, 3.05) is 11.9 Å². The molecule has 0 aliphatic heterocycles. The van der Waals surface area contributed by atoms with Gasteiger partial charge in [-0.1, -0.05) is 0 Å². The number of aliphatic hydroxyl groups is 1. The number of nitrogens with zero attached hydrogens (tertiary/aromatic N) is 1. The third-order valence-electron chi connectivity index (χ3n) is 1.40. The van der Waals surface area contributed by atoms with Crippen LogP contribution in [0.15, 0.2) is 10.7 Å². The molecule has 0 aliphatic carbocycles. The average molecular weight is 200 g/mol. The van der Waals surface area contributed by atoms with Gasteiger partial charge in [-0.05, 0) is 13.8 Å². The number of oxazole rings is 1. The van der Waals surface area contributed by atoms with Gasteiger partial charge in [0.2, 0.25) is 0 Å². The zero-order chi connectivity index (χ0) is 10.8. The van der Waals surface area contributed by atoms with Crippen LogP contribution in [-0.2, 0) is 0 Å². The van der Waals surface area contributed by atoms with E-state index in [9.17, 15) is 9.90 Å². The lowest BCUT2D eigenvalue weighted by atomic mass is 10.1. The Kier molecular flexibility index (Phi) is 2.76. The maximum absolute atomic E-state index is 10.4. The minimum atomic E-state index is -1.15. The molecule has 0 radical (unpaired) electrons. The highest BCUT2D eigenvalue weighted by Crippen LogP contribution is 2.09. The molecule has 0 atom stereocenters. The van der Waals surface area contributed by atoms with Crippen molar-refractivity contribution in [1.82, 2.24) is 4.98 Å². The van der Waals surface area contributed by atoms with Crippen LogP contribution in [0.4, 0.5) is 6.01 Å². The Balaban J connectivity index is 2.56. The summed E-state index contributed by atoms with van der Waals surface area (Å²) in [5.41, 5.74) is -1.07. The van der Waals surface area contributed by atoms with Crippen molar-refractivity contribution in [3.63, 3.8) is 0 Å². The molecule has 3 N–H and O–H groups in total. The summed E-state index contributed by atoms with van der Waals surface area (Å²) >= 11 is 0. The molecular formula is C8H12N2O4. The third-order valence-corrected chi connectivity index (χ3v) is 1.40. The van der Waals surface area contributed by atoms with E-state index < -0.39 is 11.6 Å². The van der Waals surface area contributed by atoms with Gasteiger partial charge in [0.05, 0.1) is 5.60 Å². The van der Waals surface area contributed by atoms with Crippen LogP contribution in [0.3, 0.4) is 0 Å². The zero-order valence-corrected chi connectivity index (χ0v) is 7.94. The van der Waals surface area contributed by atoms with E-state index in [1.807, 2.05) is 0 Å². The predicted octanol–water partition coefficient (Wildman–Crippen LogP) is 0.556. The quantitative estimate of drug-likeness (QED) is 0.657. The summed E-state index contributed by atoms with van der Waals surface area (Å²) in [7, 11) is 0. The van der Waals surface area contributed by atoms with Crippen LogP contribution >= 0.6 is 0 Å². The van der Waals surface area contributed by atoms with Crippen molar-refractivity contribution >= 4 is 12.0 Å². The fourth-order valence-corrected chi connectivity index (χ4v) is 0.745. The molecule has 0 saturated heterocycles. The molecule has 0 amide bonds. The van der Waals surface area contributed by atoms with Crippen LogP contribution in [0.5, 0.6) is 0 Å². The Hall–Kier alpha value is -1.56. The number of rotatable bonds is 4. The van der Waals surface area contributed by atoms with E-state index in [-0.39, 0.29) is 18.3 Å². The van der Waals surface area contributed by atoms with Crippen molar-refractivity contribution in [1.29, 1.82) is 0 Å². The normalized spacial score (nSPS) is 11.4. The van der Waals surface area contributed by atoms with Crippen LogP contribution < -0.4 is 5.32 Å². The van der Waals surface area contributed by atoms with Crippen LogP contribution in [-0.4, -0.2) is 33.3 Å². The molecule has 0 aliphatic rings. The number of hydrogen-bond donors (Lipinski definition) is 3. The molecule has 1 aromatic rings. The first-order chi connectivity index (χ1) is 6.38. The first kappa shape index (κ1) is 10.5. The van der Waals surface area contributed by atoms with E-state index in [1.165, 1.54) is 0 Å². The molecule has 0 saturated carbocycles. The number of aromatic nitrogens is 1. The topological polar surface area (TPSA) is 95.6 Å². The molecule has 1 aromatic heterocycles. The summed E-state index contributed by atoms with van der Waals surface area (Å²) in [6, 6.07) is 0.0875. The van der Waals surface area contributed by atoms with Crippen molar-refractivity contribution < 1.29 is 19.4 Å². The molecule has 0 unspecified atom stereocenters. The molecule has 14 heavy (non-hydrogen) atoms. The third kappa shape index (κ3) is 3.06. The lowest BCUT2D eigenvalue weighted by Gasteiger charge is -2.16. The zero-order valence-electron chi connectivity index (χ0n) is 7.94. The maximum atomic E-state index is 10.4. The molecule has 6 nitrogen and oxygen atoms in total. The number of carbonyl (C=O) groups is 1. The summed E-state index contributed by atoms with van der Waals surface area (Å²) in [5, 5.41) is 20.5. The molecule has 1 heterocycles. The Bertz CT molecular complexity index is 326. The van der Waals surface area contributed by atoms with Gasteiger partial charge < -0.3 is 19.9 Å². The van der Waals surface area contributed by atoms with E-state index in [4.69, 9.17) is 9.52 Å². The SMILES string of the molecule is CC(C)(O)CNc1nc(C(=O)O)co1. The van der Waals surface area contributed by atoms with Crippen molar-refractivity contribution in [2.45, 2.75) is 19.4 Å². The lowest BCUT2D eigenvalue weighted by molar-refractivity contribution is 0.0690. The van der Waals surface area contributed by atoms with Gasteiger partial charge in [0, 0.05) is 6.54 Å². The van der Waals surface area contributed by atoms with Crippen molar-refractivity contribution in [3.05, 3.63) is 12.0 Å². The van der Waals surface area contributed by atoms with Crippen LogP contribution in [0.1, 0.15) is 24.3 Å². The van der Waals surface area contributed by atoms with Crippen molar-refractivity contribution in [3.8, 4) is 0 Å². The summed E-state index contributed by atoms with van der Waals surface area (Å²) in [4.78, 5) is 14.0. The minimum Gasteiger partial charge on any atom is -0.476 e. The Morgan fingerprint density at radius 2 is 2.36 bits per heavy atom. The fourth-order valence-electron chi connectivity index (χ4n) is 0.745. The first-order valence-electron chi connectivity index (χ1n) is 4.03. The van der Waals surface area contributed by atoms with Gasteiger partial charge >= 0.3 is 5.97 Å². The second kappa shape index (κ2) is 3.67. The van der Waals surface area contributed by atoms with E-state index in [2.05, 4.69) is 10.3 Å². The largest absolute Gasteiger partial charge is 0.476 e. The van der Waals surface area contributed by atoms with Crippen LogP contribution in [0.2, 0.25) is 0 Å². The number of anilines is 1. The van der Waals surface area contributed by atoms with E-state index in [0.29, 0.717) is 0 Å². The highest BCUT2D eigenvalue weighted by atomic mass is 16.4. The van der Waals surface area contributed by atoms with Gasteiger partial charge in [-0.2, -0.15) is 4.98 Å². The average Bonchev–Trinajstić information content (AvgIpc) is 2.47. The van der Waals surface area contributed by atoms with Crippen molar-refractivity contribution in [2.24, 2.45) is 0 Å². The molecule has 78 valence electrons. The fraction of sp³-hybridized carbons (Fsp3) is 0.500. The summed E-state index contributed by atoms with van der Waals surface area (Å²) in [5.74, 6) is -1.15. The molecule has 0 bridgehead atoms. The monoisotopic (exact) mass is 200 g/mol. The number of carboxylic acids is 1. The molecule has 0 spiro atoms. The Morgan fingerprint density at radius 1 is 1.71 bits per heavy atom. The Labute approximate surface area is 80.6 Å². The van der Waals surface area contributed by atoms with Gasteiger partial charge in [-0.3, -0.25) is 0 Å². The predicted molar refractivity (Wildman–Crippen MR) is 48.2 cm³/mol. The maximum Gasteiger partial charge on any atom is 0.357 e. The van der Waals surface area contributed by atoms with Gasteiger partial charge in [-0.25, -0.2) is 4.79 Å². The van der Waals surface area contributed by atoms with Gasteiger partial charge in [0.1, 0.15) is 6.26 Å². The number of carboxylic acid groups (broad SMARTS) is 1. The second-order valence-electron chi connectivity index (χ2n) is 3.51. The number of aromatic carboxylic acids is 1. The molecule has 0 aromatic carbocycles. The summed E-state index contributed by atoms with van der Waals surface area (Å²) < 4.78 is 4.81. The molecule has 6 heteroatoms.